The molecular weight excluding hydrogens is 299 g/mol. The second-order valence-corrected chi connectivity index (χ2v) is 5.00. The topological polar surface area (TPSA) is 55.9 Å². The third kappa shape index (κ3) is 2.95. The van der Waals surface area contributed by atoms with Crippen LogP contribution >= 0.6 is 15.9 Å². The van der Waals surface area contributed by atoms with Gasteiger partial charge in [0, 0.05) is 17.7 Å². The summed E-state index contributed by atoms with van der Waals surface area (Å²) in [5, 5.41) is 4.10. The van der Waals surface area contributed by atoms with Gasteiger partial charge in [-0.1, -0.05) is 15.9 Å². The van der Waals surface area contributed by atoms with E-state index in [1.807, 2.05) is 19.2 Å². The van der Waals surface area contributed by atoms with Crippen molar-refractivity contribution in [3.8, 4) is 0 Å². The van der Waals surface area contributed by atoms with Crippen LogP contribution in [-0.4, -0.2) is 9.78 Å². The fourth-order valence-corrected chi connectivity index (χ4v) is 2.45. The maximum absolute atomic E-state index is 13.3. The van der Waals surface area contributed by atoms with E-state index in [0.717, 1.165) is 15.7 Å². The highest BCUT2D eigenvalue weighted by Gasteiger charge is 2.14. The van der Waals surface area contributed by atoms with Crippen LogP contribution in [0.1, 0.15) is 17.3 Å². The summed E-state index contributed by atoms with van der Waals surface area (Å²) in [6.45, 7) is 0. The number of rotatable bonds is 4. The van der Waals surface area contributed by atoms with E-state index < -0.39 is 0 Å². The van der Waals surface area contributed by atoms with Gasteiger partial charge >= 0.3 is 0 Å². The Kier molecular flexibility index (Phi) is 4.11. The lowest BCUT2D eigenvalue weighted by molar-refractivity contribution is 0.507. The average molecular weight is 313 g/mol. The molecule has 0 amide bonds. The summed E-state index contributed by atoms with van der Waals surface area (Å²) in [7, 11) is 1.85. The summed E-state index contributed by atoms with van der Waals surface area (Å²) < 4.78 is 15.8. The zero-order valence-corrected chi connectivity index (χ0v) is 11.5. The predicted octanol–water partition coefficient (Wildman–Crippen LogP) is 2.07. The normalized spacial score (nSPS) is 12.7. The van der Waals surface area contributed by atoms with E-state index in [-0.39, 0.29) is 11.9 Å². The first kappa shape index (κ1) is 13.2. The number of hydrazine groups is 1. The summed E-state index contributed by atoms with van der Waals surface area (Å²) in [6, 6.07) is 6.60. The number of aryl methyl sites for hydroxylation is 1. The highest BCUT2D eigenvalue weighted by molar-refractivity contribution is 9.10. The van der Waals surface area contributed by atoms with Gasteiger partial charge in [0.2, 0.25) is 0 Å². The van der Waals surface area contributed by atoms with Crippen molar-refractivity contribution in [2.24, 2.45) is 12.9 Å². The SMILES string of the molecule is Cn1nccc1C(Cc1cc(F)cc(Br)c1)NN. The van der Waals surface area contributed by atoms with Crippen LogP contribution in [-0.2, 0) is 13.5 Å². The Morgan fingerprint density at radius 3 is 2.83 bits per heavy atom. The zero-order valence-electron chi connectivity index (χ0n) is 9.90. The Balaban J connectivity index is 2.23. The van der Waals surface area contributed by atoms with Crippen molar-refractivity contribution in [1.29, 1.82) is 0 Å². The summed E-state index contributed by atoms with van der Waals surface area (Å²) in [4.78, 5) is 0. The molecule has 1 aromatic carbocycles. The molecule has 0 saturated carbocycles. The monoisotopic (exact) mass is 312 g/mol. The molecule has 1 aromatic heterocycles. The minimum Gasteiger partial charge on any atom is -0.271 e. The molecule has 96 valence electrons. The van der Waals surface area contributed by atoms with E-state index in [2.05, 4.69) is 26.5 Å². The maximum Gasteiger partial charge on any atom is 0.124 e. The van der Waals surface area contributed by atoms with Gasteiger partial charge in [-0.2, -0.15) is 5.10 Å². The molecule has 0 radical (unpaired) electrons. The van der Waals surface area contributed by atoms with Crippen molar-refractivity contribution >= 4 is 15.9 Å². The molecule has 0 saturated heterocycles. The van der Waals surface area contributed by atoms with Gasteiger partial charge in [-0.3, -0.25) is 16.0 Å². The van der Waals surface area contributed by atoms with Crippen LogP contribution in [0, 0.1) is 5.82 Å². The van der Waals surface area contributed by atoms with E-state index >= 15 is 0 Å². The van der Waals surface area contributed by atoms with Crippen LogP contribution in [0.25, 0.3) is 0 Å². The number of aromatic nitrogens is 2. The van der Waals surface area contributed by atoms with Crippen LogP contribution in [0.3, 0.4) is 0 Å². The molecule has 0 fully saturated rings. The Morgan fingerprint density at radius 1 is 1.50 bits per heavy atom. The molecule has 1 unspecified atom stereocenters. The van der Waals surface area contributed by atoms with Crippen LogP contribution in [0.15, 0.2) is 34.9 Å². The highest BCUT2D eigenvalue weighted by atomic mass is 79.9. The lowest BCUT2D eigenvalue weighted by atomic mass is 10.0. The van der Waals surface area contributed by atoms with E-state index in [0.29, 0.717) is 6.42 Å². The third-order valence-electron chi connectivity index (χ3n) is 2.78. The Bertz CT molecular complexity index is 520. The molecular formula is C12H14BrFN4. The van der Waals surface area contributed by atoms with Gasteiger partial charge in [0.15, 0.2) is 0 Å². The van der Waals surface area contributed by atoms with Crippen LogP contribution in [0.2, 0.25) is 0 Å². The first-order chi connectivity index (χ1) is 8.60. The average Bonchev–Trinajstić information content (AvgIpc) is 2.71. The van der Waals surface area contributed by atoms with Crippen LogP contribution in [0.5, 0.6) is 0 Å². The van der Waals surface area contributed by atoms with Gasteiger partial charge in [-0.25, -0.2) is 4.39 Å². The molecule has 0 aliphatic rings. The second-order valence-electron chi connectivity index (χ2n) is 4.08. The third-order valence-corrected chi connectivity index (χ3v) is 3.24. The summed E-state index contributed by atoms with van der Waals surface area (Å²) in [5.41, 5.74) is 4.56. The van der Waals surface area contributed by atoms with Crippen LogP contribution < -0.4 is 11.3 Å². The van der Waals surface area contributed by atoms with Crippen molar-refractivity contribution in [3.05, 3.63) is 52.0 Å². The number of nitrogens with zero attached hydrogens (tertiary/aromatic N) is 2. The smallest absolute Gasteiger partial charge is 0.124 e. The lowest BCUT2D eigenvalue weighted by Gasteiger charge is -2.16. The molecule has 18 heavy (non-hydrogen) atoms. The molecule has 0 bridgehead atoms. The largest absolute Gasteiger partial charge is 0.271 e. The number of nitrogens with two attached hydrogens (primary N) is 1. The quantitative estimate of drug-likeness (QED) is 0.671. The van der Waals surface area contributed by atoms with Crippen molar-refractivity contribution in [2.45, 2.75) is 12.5 Å². The Labute approximate surface area is 113 Å². The van der Waals surface area contributed by atoms with Gasteiger partial charge in [-0.15, -0.1) is 0 Å². The van der Waals surface area contributed by atoms with E-state index in [4.69, 9.17) is 5.84 Å². The van der Waals surface area contributed by atoms with E-state index in [9.17, 15) is 4.39 Å². The Hall–Kier alpha value is -1.24. The second kappa shape index (κ2) is 5.60. The standard InChI is InChI=1S/C12H14BrFN4/c1-18-12(2-3-16-18)11(17-15)6-8-4-9(13)7-10(14)5-8/h2-5,7,11,17H,6,15H2,1H3. The van der Waals surface area contributed by atoms with Gasteiger partial charge in [-0.05, 0) is 36.2 Å². The molecule has 0 aliphatic heterocycles. The minimum atomic E-state index is -0.264. The van der Waals surface area contributed by atoms with Gasteiger partial charge in [0.1, 0.15) is 5.82 Å². The molecule has 4 nitrogen and oxygen atoms in total. The molecule has 1 atom stereocenters. The molecule has 0 spiro atoms. The number of hydrogen-bond acceptors (Lipinski definition) is 3. The van der Waals surface area contributed by atoms with Gasteiger partial charge < -0.3 is 0 Å². The molecule has 6 heteroatoms. The Morgan fingerprint density at radius 2 is 2.28 bits per heavy atom. The maximum atomic E-state index is 13.3. The zero-order chi connectivity index (χ0) is 13.1. The number of halogens is 2. The first-order valence-corrected chi connectivity index (χ1v) is 6.28. The fourth-order valence-electron chi connectivity index (χ4n) is 1.94. The van der Waals surface area contributed by atoms with Crippen LogP contribution in [0.4, 0.5) is 4.39 Å². The molecule has 0 aliphatic carbocycles. The predicted molar refractivity (Wildman–Crippen MR) is 71.1 cm³/mol. The van der Waals surface area contributed by atoms with Gasteiger partial charge in [0.05, 0.1) is 11.7 Å². The number of benzene rings is 1. The number of nitrogens with one attached hydrogen (secondary N) is 1. The van der Waals surface area contributed by atoms with Crippen molar-refractivity contribution < 1.29 is 4.39 Å². The summed E-state index contributed by atoms with van der Waals surface area (Å²) in [5.74, 6) is 5.30. The number of hydrogen-bond donors (Lipinski definition) is 2. The van der Waals surface area contributed by atoms with Gasteiger partial charge in [0.25, 0.3) is 0 Å². The van der Waals surface area contributed by atoms with E-state index in [1.165, 1.54) is 12.1 Å². The summed E-state index contributed by atoms with van der Waals surface area (Å²) in [6.07, 6.45) is 2.30. The molecule has 1 heterocycles. The highest BCUT2D eigenvalue weighted by Crippen LogP contribution is 2.21. The summed E-state index contributed by atoms with van der Waals surface area (Å²) >= 11 is 3.28. The first-order valence-electron chi connectivity index (χ1n) is 5.49. The molecule has 2 aromatic rings. The van der Waals surface area contributed by atoms with Crippen molar-refractivity contribution in [1.82, 2.24) is 15.2 Å². The minimum absolute atomic E-state index is 0.105. The van der Waals surface area contributed by atoms with Crippen molar-refractivity contribution in [3.63, 3.8) is 0 Å². The van der Waals surface area contributed by atoms with Crippen molar-refractivity contribution in [2.75, 3.05) is 0 Å². The lowest BCUT2D eigenvalue weighted by Crippen LogP contribution is -2.31. The van der Waals surface area contributed by atoms with E-state index in [1.54, 1.807) is 10.9 Å². The fraction of sp³-hybridized carbons (Fsp3) is 0.250. The molecule has 3 N–H and O–H groups in total. The molecule has 2 rings (SSSR count).